The van der Waals surface area contributed by atoms with Gasteiger partial charge in [-0.2, -0.15) is 11.3 Å². The van der Waals surface area contributed by atoms with Crippen LogP contribution in [0.5, 0.6) is 0 Å². The molecule has 5 nitrogen and oxygen atoms in total. The quantitative estimate of drug-likeness (QED) is 0.475. The smallest absolute Gasteiger partial charge is 0.223 e. The first kappa shape index (κ1) is 17.5. The van der Waals surface area contributed by atoms with Crippen LogP contribution < -0.4 is 10.6 Å². The van der Waals surface area contributed by atoms with Crippen LogP contribution in [0.3, 0.4) is 0 Å². The first-order valence-electron chi connectivity index (χ1n) is 8.56. The Bertz CT molecular complexity index is 702. The minimum atomic E-state index is 0.221. The van der Waals surface area contributed by atoms with Gasteiger partial charge in [-0.3, -0.25) is 9.79 Å². The average molecular weight is 356 g/mol. The predicted octanol–water partition coefficient (Wildman–Crippen LogP) is 2.74. The molecule has 1 aliphatic heterocycles. The lowest BCUT2D eigenvalue weighted by atomic mass is 10.1. The first-order valence-corrected chi connectivity index (χ1v) is 9.50. The van der Waals surface area contributed by atoms with Crippen molar-refractivity contribution in [2.45, 2.75) is 32.5 Å². The Kier molecular flexibility index (Phi) is 6.06. The fourth-order valence-corrected chi connectivity index (χ4v) is 3.58. The fraction of sp³-hybridized carbons (Fsp3) is 0.368. The second-order valence-corrected chi connectivity index (χ2v) is 6.89. The van der Waals surface area contributed by atoms with Gasteiger partial charge in [0.1, 0.15) is 0 Å². The highest BCUT2D eigenvalue weighted by atomic mass is 32.1. The van der Waals surface area contributed by atoms with Gasteiger partial charge in [0.15, 0.2) is 5.96 Å². The number of aliphatic imine (C=N–C) groups is 1. The number of amides is 1. The minimum absolute atomic E-state index is 0.221. The van der Waals surface area contributed by atoms with Crippen LogP contribution in [0.25, 0.3) is 0 Å². The average Bonchev–Trinajstić information content (AvgIpc) is 3.30. The molecule has 0 saturated heterocycles. The summed E-state index contributed by atoms with van der Waals surface area (Å²) >= 11 is 1.69. The lowest BCUT2D eigenvalue weighted by Gasteiger charge is -2.16. The number of hydrogen-bond acceptors (Lipinski definition) is 3. The van der Waals surface area contributed by atoms with Crippen LogP contribution in [0.15, 0.2) is 46.1 Å². The van der Waals surface area contributed by atoms with Gasteiger partial charge in [-0.05, 0) is 39.9 Å². The SMILES string of the molecule is CN=C(NCCCC(=O)N1Cc2ccccc2C1)NCc1ccsc1. The number of nitrogens with zero attached hydrogens (tertiary/aromatic N) is 2. The van der Waals surface area contributed by atoms with Gasteiger partial charge in [0.25, 0.3) is 0 Å². The van der Waals surface area contributed by atoms with Crippen LogP contribution in [0.4, 0.5) is 0 Å². The Labute approximate surface area is 152 Å². The molecule has 1 aliphatic rings. The third-order valence-electron chi connectivity index (χ3n) is 4.32. The maximum absolute atomic E-state index is 12.4. The van der Waals surface area contributed by atoms with Gasteiger partial charge >= 0.3 is 0 Å². The van der Waals surface area contributed by atoms with Crippen molar-refractivity contribution >= 4 is 23.2 Å². The molecule has 0 atom stereocenters. The molecule has 6 heteroatoms. The van der Waals surface area contributed by atoms with E-state index in [1.54, 1.807) is 18.4 Å². The Morgan fingerprint density at radius 1 is 1.20 bits per heavy atom. The van der Waals surface area contributed by atoms with Crippen LogP contribution in [0.1, 0.15) is 29.5 Å². The van der Waals surface area contributed by atoms with E-state index in [1.165, 1.54) is 16.7 Å². The van der Waals surface area contributed by atoms with Gasteiger partial charge in [0.05, 0.1) is 0 Å². The van der Waals surface area contributed by atoms with E-state index in [0.717, 1.165) is 38.6 Å². The summed E-state index contributed by atoms with van der Waals surface area (Å²) in [6.07, 6.45) is 1.35. The van der Waals surface area contributed by atoms with E-state index in [9.17, 15) is 4.79 Å². The molecule has 2 N–H and O–H groups in total. The molecule has 132 valence electrons. The summed E-state index contributed by atoms with van der Waals surface area (Å²) < 4.78 is 0. The van der Waals surface area contributed by atoms with Crippen molar-refractivity contribution in [2.75, 3.05) is 13.6 Å². The number of carbonyl (C=O) groups excluding carboxylic acids is 1. The zero-order chi connectivity index (χ0) is 17.5. The molecule has 1 aromatic heterocycles. The number of carbonyl (C=O) groups is 1. The number of benzene rings is 1. The lowest BCUT2D eigenvalue weighted by Crippen LogP contribution is -2.37. The molecule has 0 bridgehead atoms. The Hall–Kier alpha value is -2.34. The molecule has 0 radical (unpaired) electrons. The Balaban J connectivity index is 1.34. The molecule has 25 heavy (non-hydrogen) atoms. The summed E-state index contributed by atoms with van der Waals surface area (Å²) in [6, 6.07) is 10.4. The van der Waals surface area contributed by atoms with Gasteiger partial charge in [0.2, 0.25) is 5.91 Å². The first-order chi connectivity index (χ1) is 12.3. The Morgan fingerprint density at radius 3 is 2.60 bits per heavy atom. The van der Waals surface area contributed by atoms with E-state index in [4.69, 9.17) is 0 Å². The second-order valence-electron chi connectivity index (χ2n) is 6.11. The zero-order valence-electron chi connectivity index (χ0n) is 14.5. The number of guanidine groups is 1. The molecule has 2 heterocycles. The van der Waals surface area contributed by atoms with Gasteiger partial charge < -0.3 is 15.5 Å². The van der Waals surface area contributed by atoms with Gasteiger partial charge in [-0.15, -0.1) is 0 Å². The predicted molar refractivity (Wildman–Crippen MR) is 102 cm³/mol. The van der Waals surface area contributed by atoms with E-state index in [2.05, 4.69) is 44.6 Å². The van der Waals surface area contributed by atoms with Crippen molar-refractivity contribution in [3.63, 3.8) is 0 Å². The largest absolute Gasteiger partial charge is 0.356 e. The molecule has 0 spiro atoms. The minimum Gasteiger partial charge on any atom is -0.356 e. The summed E-state index contributed by atoms with van der Waals surface area (Å²) in [5.41, 5.74) is 3.79. The maximum Gasteiger partial charge on any atom is 0.223 e. The molecule has 1 aromatic carbocycles. The summed E-state index contributed by atoms with van der Waals surface area (Å²) in [7, 11) is 1.76. The third kappa shape index (κ3) is 4.82. The van der Waals surface area contributed by atoms with Crippen molar-refractivity contribution in [3.05, 3.63) is 57.8 Å². The van der Waals surface area contributed by atoms with Crippen LogP contribution >= 0.6 is 11.3 Å². The van der Waals surface area contributed by atoms with Gasteiger partial charge in [-0.1, -0.05) is 24.3 Å². The van der Waals surface area contributed by atoms with Crippen molar-refractivity contribution < 1.29 is 4.79 Å². The van der Waals surface area contributed by atoms with E-state index < -0.39 is 0 Å². The molecule has 0 aliphatic carbocycles. The molecule has 0 unspecified atom stereocenters. The number of hydrogen-bond donors (Lipinski definition) is 2. The van der Waals surface area contributed by atoms with Crippen molar-refractivity contribution in [2.24, 2.45) is 4.99 Å². The topological polar surface area (TPSA) is 56.7 Å². The molecule has 0 fully saturated rings. The van der Waals surface area contributed by atoms with Crippen molar-refractivity contribution in [1.82, 2.24) is 15.5 Å². The van der Waals surface area contributed by atoms with Crippen LogP contribution in [-0.4, -0.2) is 30.4 Å². The maximum atomic E-state index is 12.4. The lowest BCUT2D eigenvalue weighted by molar-refractivity contribution is -0.131. The number of rotatable bonds is 6. The van der Waals surface area contributed by atoms with Crippen molar-refractivity contribution in [3.8, 4) is 0 Å². The monoisotopic (exact) mass is 356 g/mol. The number of thiophene rings is 1. The molecule has 2 aromatic rings. The van der Waals surface area contributed by atoms with Crippen LogP contribution in [0, 0.1) is 0 Å². The molecular formula is C19H24N4OS. The normalized spacial score (nSPS) is 13.6. The summed E-state index contributed by atoms with van der Waals surface area (Å²) in [5.74, 6) is 0.992. The fourth-order valence-electron chi connectivity index (χ4n) is 2.91. The molecule has 1 amide bonds. The van der Waals surface area contributed by atoms with Gasteiger partial charge in [-0.25, -0.2) is 0 Å². The second kappa shape index (κ2) is 8.67. The molecular weight excluding hydrogens is 332 g/mol. The summed E-state index contributed by atoms with van der Waals surface area (Å²) in [4.78, 5) is 18.5. The van der Waals surface area contributed by atoms with E-state index >= 15 is 0 Å². The zero-order valence-corrected chi connectivity index (χ0v) is 15.3. The molecule has 0 saturated carbocycles. The Morgan fingerprint density at radius 2 is 1.96 bits per heavy atom. The van der Waals surface area contributed by atoms with E-state index in [0.29, 0.717) is 6.42 Å². The standard InChI is InChI=1S/C19H24N4OS/c1-20-19(22-11-15-8-10-25-14-15)21-9-4-7-18(24)23-12-16-5-2-3-6-17(16)13-23/h2-3,5-6,8,10,14H,4,7,9,11-13H2,1H3,(H2,20,21,22). The molecule has 3 rings (SSSR count). The van der Waals surface area contributed by atoms with Crippen molar-refractivity contribution in [1.29, 1.82) is 0 Å². The highest BCUT2D eigenvalue weighted by Gasteiger charge is 2.22. The van der Waals surface area contributed by atoms with Gasteiger partial charge in [0, 0.05) is 39.6 Å². The highest BCUT2D eigenvalue weighted by molar-refractivity contribution is 7.07. The highest BCUT2D eigenvalue weighted by Crippen LogP contribution is 2.22. The van der Waals surface area contributed by atoms with Crippen LogP contribution in [0.2, 0.25) is 0 Å². The number of nitrogens with one attached hydrogen (secondary N) is 2. The van der Waals surface area contributed by atoms with E-state index in [1.807, 2.05) is 17.0 Å². The van der Waals surface area contributed by atoms with Crippen LogP contribution in [-0.2, 0) is 24.4 Å². The number of fused-ring (bicyclic) bond motifs is 1. The summed E-state index contributed by atoms with van der Waals surface area (Å²) in [6.45, 7) is 2.97. The third-order valence-corrected chi connectivity index (χ3v) is 5.05. The summed E-state index contributed by atoms with van der Waals surface area (Å²) in [5, 5.41) is 10.7. The van der Waals surface area contributed by atoms with E-state index in [-0.39, 0.29) is 5.91 Å².